The fourth-order valence-electron chi connectivity index (χ4n) is 5.94. The Morgan fingerprint density at radius 1 is 0.744 bits per heavy atom. The lowest BCUT2D eigenvalue weighted by Crippen LogP contribution is -2.32. The Hall–Kier alpha value is -1.61. The molecule has 4 aliphatic rings. The molecule has 8 heteroatoms. The van der Waals surface area contributed by atoms with Gasteiger partial charge in [-0.15, -0.1) is 0 Å². The van der Waals surface area contributed by atoms with E-state index in [1.807, 2.05) is 6.07 Å². The summed E-state index contributed by atoms with van der Waals surface area (Å²) in [4.78, 5) is 27.4. The average molecular weight is 561 g/mol. The van der Waals surface area contributed by atoms with Crippen LogP contribution in [0.2, 0.25) is 0 Å². The fraction of sp³-hybridized carbons (Fsp3) is 0.677. The highest BCUT2D eigenvalue weighted by molar-refractivity contribution is 6.50. The van der Waals surface area contributed by atoms with Gasteiger partial charge in [-0.2, -0.15) is 0 Å². The van der Waals surface area contributed by atoms with Gasteiger partial charge in [0.2, 0.25) is 5.78 Å². The monoisotopic (exact) mass is 560 g/mol. The van der Waals surface area contributed by atoms with Gasteiger partial charge in [0.1, 0.15) is 0 Å². The summed E-state index contributed by atoms with van der Waals surface area (Å²) in [6, 6.07) is 3.94. The average Bonchev–Trinajstić information content (AvgIpc) is 2.98. The number of aryl methyl sites for hydroxylation is 2. The molecule has 7 nitrogen and oxygen atoms in total. The molecule has 0 radical (unpaired) electrons. The first kappa shape index (κ1) is 28.9. The van der Waals surface area contributed by atoms with Gasteiger partial charge in [0.05, 0.1) is 29.9 Å². The molecule has 1 aromatic carbocycles. The number of ketones is 2. The van der Waals surface area contributed by atoms with Gasteiger partial charge in [0.25, 0.3) is 0 Å². The number of carbonyl (C=O) groups excluding carboxylic acids is 2. The summed E-state index contributed by atoms with van der Waals surface area (Å²) < 4.78 is 29.1. The van der Waals surface area contributed by atoms with E-state index in [4.69, 9.17) is 35.3 Å². The van der Waals surface area contributed by atoms with Gasteiger partial charge in [-0.25, -0.2) is 0 Å². The Kier molecular flexibility index (Phi) is 10.6. The summed E-state index contributed by atoms with van der Waals surface area (Å²) >= 11 is 6.60. The Labute approximate surface area is 236 Å². The van der Waals surface area contributed by atoms with Crippen LogP contribution in [0.1, 0.15) is 102 Å². The lowest BCUT2D eigenvalue weighted by atomic mass is 9.81. The molecule has 3 fully saturated rings. The molecule has 214 valence electrons. The third-order valence-electron chi connectivity index (χ3n) is 8.02. The third-order valence-corrected chi connectivity index (χ3v) is 8.39. The SMILES string of the molecule is O=C1C(C2CCCCO2)=C(Cl)C(=O)c2c(CCCOC3CCCCO3)cc(CCCOC3CCCCO3)cc21. The highest BCUT2D eigenvalue weighted by Crippen LogP contribution is 2.36. The first-order chi connectivity index (χ1) is 19.1. The van der Waals surface area contributed by atoms with Gasteiger partial charge >= 0.3 is 0 Å². The van der Waals surface area contributed by atoms with Crippen LogP contribution in [0.3, 0.4) is 0 Å². The number of benzene rings is 1. The van der Waals surface area contributed by atoms with E-state index in [0.717, 1.165) is 95.0 Å². The van der Waals surface area contributed by atoms with Crippen molar-refractivity contribution in [3.63, 3.8) is 0 Å². The van der Waals surface area contributed by atoms with E-state index in [1.54, 1.807) is 0 Å². The normalized spacial score (nSPS) is 26.1. The van der Waals surface area contributed by atoms with E-state index >= 15 is 0 Å². The topological polar surface area (TPSA) is 80.3 Å². The van der Waals surface area contributed by atoms with E-state index in [-0.39, 0.29) is 29.2 Å². The first-order valence-electron chi connectivity index (χ1n) is 14.8. The Morgan fingerprint density at radius 2 is 1.36 bits per heavy atom. The number of halogens is 1. The molecule has 3 atom stereocenters. The van der Waals surface area contributed by atoms with Crippen molar-refractivity contribution < 1.29 is 33.3 Å². The van der Waals surface area contributed by atoms with Crippen molar-refractivity contribution in [1.29, 1.82) is 0 Å². The minimum absolute atomic E-state index is 0.0149. The maximum Gasteiger partial charge on any atom is 0.205 e. The van der Waals surface area contributed by atoms with Crippen LogP contribution in [0, 0.1) is 0 Å². The van der Waals surface area contributed by atoms with Crippen LogP contribution < -0.4 is 0 Å². The van der Waals surface area contributed by atoms with E-state index < -0.39 is 6.10 Å². The van der Waals surface area contributed by atoms with Gasteiger partial charge < -0.3 is 23.7 Å². The molecular weight excluding hydrogens is 520 g/mol. The molecule has 0 spiro atoms. The van der Waals surface area contributed by atoms with Crippen molar-refractivity contribution >= 4 is 23.2 Å². The standard InChI is InChI=1S/C31H41ClO7/c32-29-28(24-11-1-4-14-35-24)30(33)23-20-21(9-7-17-38-25-12-2-5-15-36-25)19-22(27(23)31(29)34)10-8-18-39-26-13-3-6-16-37-26/h19-20,24-26H,1-18H2. The minimum Gasteiger partial charge on any atom is -0.373 e. The second-order valence-electron chi connectivity index (χ2n) is 11.0. The second-order valence-corrected chi connectivity index (χ2v) is 11.3. The smallest absolute Gasteiger partial charge is 0.205 e. The van der Waals surface area contributed by atoms with Crippen molar-refractivity contribution in [2.45, 2.75) is 102 Å². The molecule has 0 N–H and O–H groups in total. The molecular formula is C31H41ClO7. The van der Waals surface area contributed by atoms with E-state index in [9.17, 15) is 9.59 Å². The molecule has 3 unspecified atom stereocenters. The minimum atomic E-state index is -0.421. The first-order valence-corrected chi connectivity index (χ1v) is 15.2. The predicted octanol–water partition coefficient (Wildman–Crippen LogP) is 6.08. The van der Waals surface area contributed by atoms with Gasteiger partial charge in [-0.05, 0) is 101 Å². The maximum absolute atomic E-state index is 13.8. The summed E-state index contributed by atoms with van der Waals surface area (Å²) in [7, 11) is 0. The predicted molar refractivity (Wildman–Crippen MR) is 147 cm³/mol. The zero-order valence-corrected chi connectivity index (χ0v) is 23.6. The van der Waals surface area contributed by atoms with Crippen molar-refractivity contribution in [2.75, 3.05) is 33.0 Å². The summed E-state index contributed by atoms with van der Waals surface area (Å²) in [5.41, 5.74) is 3.10. The summed E-state index contributed by atoms with van der Waals surface area (Å²) in [5.74, 6) is -0.449. The summed E-state index contributed by atoms with van der Waals surface area (Å²) in [6.45, 7) is 3.20. The molecule has 1 aliphatic carbocycles. The largest absolute Gasteiger partial charge is 0.373 e. The van der Waals surface area contributed by atoms with Crippen molar-refractivity contribution in [3.05, 3.63) is 45.0 Å². The highest BCUT2D eigenvalue weighted by atomic mass is 35.5. The Balaban J connectivity index is 1.31. The van der Waals surface area contributed by atoms with Crippen LogP contribution in [0.4, 0.5) is 0 Å². The number of rotatable bonds is 11. The summed E-state index contributed by atoms with van der Waals surface area (Å²) in [6.07, 6.45) is 11.1. The van der Waals surface area contributed by atoms with Gasteiger partial charge in [0.15, 0.2) is 18.4 Å². The molecule has 3 heterocycles. The zero-order chi connectivity index (χ0) is 27.0. The number of fused-ring (bicyclic) bond motifs is 1. The van der Waals surface area contributed by atoms with E-state index in [2.05, 4.69) is 6.07 Å². The molecule has 0 aromatic heterocycles. The van der Waals surface area contributed by atoms with Gasteiger partial charge in [0, 0.05) is 30.9 Å². The molecule has 3 aliphatic heterocycles. The molecule has 0 amide bonds. The Morgan fingerprint density at radius 3 is 1.95 bits per heavy atom. The van der Waals surface area contributed by atoms with Crippen LogP contribution in [-0.2, 0) is 36.5 Å². The van der Waals surface area contributed by atoms with Gasteiger partial charge in [-0.3, -0.25) is 9.59 Å². The van der Waals surface area contributed by atoms with E-state index in [1.165, 1.54) is 0 Å². The molecule has 0 bridgehead atoms. The number of Topliss-reactive ketones (excluding diaryl/α,β-unsaturated/α-hetero) is 2. The zero-order valence-electron chi connectivity index (χ0n) is 22.9. The van der Waals surface area contributed by atoms with Crippen LogP contribution in [0.5, 0.6) is 0 Å². The van der Waals surface area contributed by atoms with Crippen LogP contribution in [0.25, 0.3) is 0 Å². The lowest BCUT2D eigenvalue weighted by Gasteiger charge is -2.29. The van der Waals surface area contributed by atoms with Crippen LogP contribution in [0.15, 0.2) is 22.7 Å². The number of hydrogen-bond donors (Lipinski definition) is 0. The van der Waals surface area contributed by atoms with Crippen molar-refractivity contribution in [3.8, 4) is 0 Å². The molecule has 39 heavy (non-hydrogen) atoms. The maximum atomic E-state index is 13.8. The Bertz CT molecular complexity index is 1030. The quantitative estimate of drug-likeness (QED) is 0.303. The number of ether oxygens (including phenoxy) is 5. The summed E-state index contributed by atoms with van der Waals surface area (Å²) in [5, 5.41) is 0.0149. The van der Waals surface area contributed by atoms with Crippen LogP contribution >= 0.6 is 11.6 Å². The number of allylic oxidation sites excluding steroid dienone is 1. The van der Waals surface area contributed by atoms with Crippen LogP contribution in [-0.4, -0.2) is 63.3 Å². The van der Waals surface area contributed by atoms with E-state index in [0.29, 0.717) is 49.4 Å². The second kappa shape index (κ2) is 14.3. The van der Waals surface area contributed by atoms with Crippen molar-refractivity contribution in [2.24, 2.45) is 0 Å². The highest BCUT2D eigenvalue weighted by Gasteiger charge is 2.38. The molecule has 0 saturated carbocycles. The van der Waals surface area contributed by atoms with Crippen molar-refractivity contribution in [1.82, 2.24) is 0 Å². The third kappa shape index (κ3) is 7.38. The number of hydrogen-bond acceptors (Lipinski definition) is 7. The van der Waals surface area contributed by atoms with Gasteiger partial charge in [-0.1, -0.05) is 17.7 Å². The lowest BCUT2D eigenvalue weighted by molar-refractivity contribution is -0.162. The molecule has 5 rings (SSSR count). The fourth-order valence-corrected chi connectivity index (χ4v) is 6.25. The molecule has 1 aromatic rings. The molecule has 3 saturated heterocycles. The number of carbonyl (C=O) groups is 2.